The number of halogens is 1. The van der Waals surface area contributed by atoms with Gasteiger partial charge in [0.05, 0.1) is 18.4 Å². The second-order valence-corrected chi connectivity index (χ2v) is 6.11. The summed E-state index contributed by atoms with van der Waals surface area (Å²) >= 11 is 1.67. The molecule has 1 aliphatic carbocycles. The number of aromatic nitrogens is 2. The predicted octanol–water partition coefficient (Wildman–Crippen LogP) is 3.09. The summed E-state index contributed by atoms with van der Waals surface area (Å²) in [6, 6.07) is 0. The molecular weight excluding hydrogens is 263 g/mol. The van der Waals surface area contributed by atoms with Crippen molar-refractivity contribution in [2.45, 2.75) is 45.1 Å². The summed E-state index contributed by atoms with van der Waals surface area (Å²) in [5.74, 6) is 0. The van der Waals surface area contributed by atoms with Gasteiger partial charge >= 0.3 is 0 Å². The quantitative estimate of drug-likeness (QED) is 0.789. The first-order chi connectivity index (χ1) is 9.31. The zero-order valence-corrected chi connectivity index (χ0v) is 11.6. The lowest BCUT2D eigenvalue weighted by Crippen LogP contribution is -2.20. The van der Waals surface area contributed by atoms with Gasteiger partial charge in [-0.1, -0.05) is 0 Å². The van der Waals surface area contributed by atoms with E-state index in [1.807, 2.05) is 0 Å². The summed E-state index contributed by atoms with van der Waals surface area (Å²) < 4.78 is 13.7. The average Bonchev–Trinajstić information content (AvgIpc) is 2.97. The third-order valence-corrected chi connectivity index (χ3v) is 4.92. The molecule has 0 aliphatic heterocycles. The van der Waals surface area contributed by atoms with Gasteiger partial charge in [0.15, 0.2) is 0 Å². The van der Waals surface area contributed by atoms with Crippen LogP contribution in [0.5, 0.6) is 0 Å². The largest absolute Gasteiger partial charge is 0.299 e. The molecule has 0 amide bonds. The van der Waals surface area contributed by atoms with Crippen molar-refractivity contribution in [3.8, 4) is 0 Å². The van der Waals surface area contributed by atoms with E-state index in [2.05, 4.69) is 4.98 Å². The first-order valence-corrected chi connectivity index (χ1v) is 7.68. The number of aryl methyl sites for hydroxylation is 3. The van der Waals surface area contributed by atoms with Crippen molar-refractivity contribution in [2.24, 2.45) is 0 Å². The Hall–Kier alpha value is -1.23. The molecule has 2 heterocycles. The van der Waals surface area contributed by atoms with Crippen molar-refractivity contribution < 1.29 is 4.39 Å². The molecule has 0 bridgehead atoms. The maximum absolute atomic E-state index is 12.5. The van der Waals surface area contributed by atoms with Crippen LogP contribution < -0.4 is 5.56 Å². The molecule has 19 heavy (non-hydrogen) atoms. The van der Waals surface area contributed by atoms with Crippen molar-refractivity contribution in [3.05, 3.63) is 27.1 Å². The van der Waals surface area contributed by atoms with Crippen LogP contribution in [-0.2, 0) is 19.4 Å². The maximum Gasteiger partial charge on any atom is 0.262 e. The molecule has 2 aromatic rings. The molecule has 0 unspecified atom stereocenters. The van der Waals surface area contributed by atoms with Crippen LogP contribution in [0.1, 0.15) is 36.1 Å². The van der Waals surface area contributed by atoms with E-state index in [1.165, 1.54) is 10.4 Å². The minimum atomic E-state index is -0.274. The van der Waals surface area contributed by atoms with Crippen molar-refractivity contribution in [1.29, 1.82) is 0 Å². The maximum atomic E-state index is 12.5. The summed E-state index contributed by atoms with van der Waals surface area (Å²) in [6.45, 7) is 0.372. The van der Waals surface area contributed by atoms with E-state index < -0.39 is 0 Å². The first kappa shape index (κ1) is 12.8. The van der Waals surface area contributed by atoms with E-state index in [-0.39, 0.29) is 12.2 Å². The Morgan fingerprint density at radius 3 is 3.05 bits per heavy atom. The number of nitrogens with zero attached hydrogens (tertiary/aromatic N) is 2. The smallest absolute Gasteiger partial charge is 0.262 e. The Kier molecular flexibility index (Phi) is 3.64. The van der Waals surface area contributed by atoms with Gasteiger partial charge in [0.2, 0.25) is 0 Å². The molecule has 0 aromatic carbocycles. The average molecular weight is 280 g/mol. The van der Waals surface area contributed by atoms with Gasteiger partial charge in [-0.25, -0.2) is 4.98 Å². The molecule has 0 spiro atoms. The Balaban J connectivity index is 1.90. The van der Waals surface area contributed by atoms with Crippen LogP contribution in [0, 0.1) is 0 Å². The summed E-state index contributed by atoms with van der Waals surface area (Å²) in [5, 5.41) is 0.838. The Morgan fingerprint density at radius 1 is 1.32 bits per heavy atom. The number of alkyl halides is 1. The van der Waals surface area contributed by atoms with Gasteiger partial charge in [-0.3, -0.25) is 13.8 Å². The van der Waals surface area contributed by atoms with Crippen molar-refractivity contribution in [3.63, 3.8) is 0 Å². The molecule has 5 heteroatoms. The fourth-order valence-corrected chi connectivity index (χ4v) is 3.95. The number of hydrogen-bond donors (Lipinski definition) is 0. The number of rotatable bonds is 5. The number of unbranched alkanes of at least 4 members (excludes halogenated alkanes) is 2. The molecule has 3 rings (SSSR count). The Morgan fingerprint density at radius 2 is 2.21 bits per heavy atom. The topological polar surface area (TPSA) is 34.9 Å². The van der Waals surface area contributed by atoms with Gasteiger partial charge in [-0.05, 0) is 44.1 Å². The van der Waals surface area contributed by atoms with Gasteiger partial charge in [-0.2, -0.15) is 0 Å². The predicted molar refractivity (Wildman–Crippen MR) is 75.7 cm³/mol. The summed E-state index contributed by atoms with van der Waals surface area (Å²) in [7, 11) is 0. The van der Waals surface area contributed by atoms with E-state index >= 15 is 0 Å². The molecule has 0 fully saturated rings. The van der Waals surface area contributed by atoms with E-state index in [0.29, 0.717) is 13.0 Å². The van der Waals surface area contributed by atoms with Crippen LogP contribution in [0.3, 0.4) is 0 Å². The summed E-state index contributed by atoms with van der Waals surface area (Å²) in [5.41, 5.74) is 1.32. The van der Waals surface area contributed by atoms with Crippen LogP contribution in [0.15, 0.2) is 11.1 Å². The van der Waals surface area contributed by atoms with Gasteiger partial charge < -0.3 is 0 Å². The first-order valence-electron chi connectivity index (χ1n) is 6.87. The lowest BCUT2D eigenvalue weighted by Gasteiger charge is -2.05. The highest BCUT2D eigenvalue weighted by Crippen LogP contribution is 2.34. The van der Waals surface area contributed by atoms with E-state index in [0.717, 1.165) is 42.3 Å². The van der Waals surface area contributed by atoms with Crippen LogP contribution in [0.25, 0.3) is 10.2 Å². The van der Waals surface area contributed by atoms with Crippen molar-refractivity contribution in [2.75, 3.05) is 6.67 Å². The Bertz CT molecular complexity index is 647. The summed E-state index contributed by atoms with van der Waals surface area (Å²) in [6.07, 6.45) is 7.14. The zero-order chi connectivity index (χ0) is 13.2. The molecule has 102 valence electrons. The van der Waals surface area contributed by atoms with E-state index in [9.17, 15) is 9.18 Å². The van der Waals surface area contributed by atoms with Gasteiger partial charge in [-0.15, -0.1) is 11.3 Å². The normalized spacial score (nSPS) is 14.2. The van der Waals surface area contributed by atoms with Crippen LogP contribution in [0.2, 0.25) is 0 Å². The fourth-order valence-electron chi connectivity index (χ4n) is 2.73. The van der Waals surface area contributed by atoms with Crippen LogP contribution in [-0.4, -0.2) is 16.2 Å². The molecule has 0 saturated heterocycles. The second-order valence-electron chi connectivity index (χ2n) is 5.03. The highest BCUT2D eigenvalue weighted by atomic mass is 32.1. The number of hydrogen-bond acceptors (Lipinski definition) is 3. The molecule has 1 aliphatic rings. The highest BCUT2D eigenvalue weighted by Gasteiger charge is 2.20. The molecule has 2 aromatic heterocycles. The summed E-state index contributed by atoms with van der Waals surface area (Å²) in [4.78, 5) is 19.1. The van der Waals surface area contributed by atoms with Gasteiger partial charge in [0, 0.05) is 11.4 Å². The lowest BCUT2D eigenvalue weighted by molar-refractivity contribution is 0.446. The Labute approximate surface area is 115 Å². The second kappa shape index (κ2) is 5.41. The fraction of sp³-hybridized carbons (Fsp3) is 0.571. The van der Waals surface area contributed by atoms with E-state index in [1.54, 1.807) is 22.2 Å². The van der Waals surface area contributed by atoms with Gasteiger partial charge in [0.1, 0.15) is 4.83 Å². The number of fused-ring (bicyclic) bond motifs is 3. The van der Waals surface area contributed by atoms with Gasteiger partial charge in [0.25, 0.3) is 5.56 Å². The van der Waals surface area contributed by atoms with Crippen LogP contribution >= 0.6 is 11.3 Å². The third kappa shape index (κ3) is 2.31. The minimum absolute atomic E-state index is 0.0876. The molecule has 0 radical (unpaired) electrons. The van der Waals surface area contributed by atoms with Crippen molar-refractivity contribution >= 4 is 21.6 Å². The molecule has 0 saturated carbocycles. The van der Waals surface area contributed by atoms with E-state index in [4.69, 9.17) is 0 Å². The minimum Gasteiger partial charge on any atom is -0.299 e. The third-order valence-electron chi connectivity index (χ3n) is 3.72. The molecule has 0 N–H and O–H groups in total. The molecular formula is C14H17FN2OS. The molecule has 0 atom stereocenters. The standard InChI is InChI=1S/C14H17FN2OS/c15-7-2-1-3-8-17-9-16-13-12(14(17)18)10-5-4-6-11(10)19-13/h9H,1-8H2. The number of thiophene rings is 1. The molecule has 3 nitrogen and oxygen atoms in total. The van der Waals surface area contributed by atoms with Crippen molar-refractivity contribution in [1.82, 2.24) is 9.55 Å². The monoisotopic (exact) mass is 280 g/mol. The SMILES string of the molecule is O=c1c2c3c(sc2ncn1CCCCCF)CCC3. The lowest BCUT2D eigenvalue weighted by atomic mass is 10.2. The highest BCUT2D eigenvalue weighted by molar-refractivity contribution is 7.18. The zero-order valence-electron chi connectivity index (χ0n) is 10.8. The van der Waals surface area contributed by atoms with Crippen LogP contribution in [0.4, 0.5) is 4.39 Å².